The summed E-state index contributed by atoms with van der Waals surface area (Å²) in [5.41, 5.74) is 6.30. The molecule has 38 heavy (non-hydrogen) atoms. The Labute approximate surface area is 226 Å². The molecule has 2 heterocycles. The second kappa shape index (κ2) is 10.5. The minimum Gasteiger partial charge on any atom is -0.467 e. The van der Waals surface area contributed by atoms with Gasteiger partial charge in [-0.1, -0.05) is 25.1 Å². The van der Waals surface area contributed by atoms with E-state index < -0.39 is 5.60 Å². The molecule has 3 aliphatic rings. The Balaban J connectivity index is 1.44. The molecule has 1 amide bonds. The van der Waals surface area contributed by atoms with Crippen LogP contribution in [0, 0.1) is 18.3 Å². The third-order valence-corrected chi connectivity index (χ3v) is 8.20. The monoisotopic (exact) mass is 516 g/mol. The molecule has 7 nitrogen and oxygen atoms in total. The lowest BCUT2D eigenvalue weighted by Crippen LogP contribution is -2.56. The third-order valence-electron chi connectivity index (χ3n) is 8.20. The number of terminal acetylenes is 1. The maximum absolute atomic E-state index is 12.9. The van der Waals surface area contributed by atoms with Gasteiger partial charge in [-0.25, -0.2) is 4.79 Å². The lowest BCUT2D eigenvalue weighted by molar-refractivity contribution is 0.0145. The van der Waals surface area contributed by atoms with Gasteiger partial charge >= 0.3 is 12.1 Å². The second-order valence-corrected chi connectivity index (χ2v) is 12.0. The van der Waals surface area contributed by atoms with Crippen LogP contribution in [0.5, 0.6) is 6.01 Å². The number of piperazine rings is 1. The quantitative estimate of drug-likeness (QED) is 0.536. The zero-order chi connectivity index (χ0) is 27.0. The standard InChI is InChI=1S/C31H40N4O3/c1-7-10-22-19-34(15-16-35(22)30(36)38-31(3,4)5)28-26-17-20(2)25(18-27(26)32-29(33-28)37-6)24-14-9-12-21-11-8-13-23(21)24/h1,9,12,14,20,22,25H,8,10-11,13,15-19H2,2-6H3. The van der Waals surface area contributed by atoms with Crippen LogP contribution in [0.2, 0.25) is 0 Å². The number of hydrogen-bond acceptors (Lipinski definition) is 6. The smallest absolute Gasteiger partial charge is 0.410 e. The fourth-order valence-corrected chi connectivity index (χ4v) is 6.43. The number of rotatable bonds is 4. The van der Waals surface area contributed by atoms with Gasteiger partial charge in [0, 0.05) is 31.6 Å². The van der Waals surface area contributed by atoms with Gasteiger partial charge in [-0.15, -0.1) is 12.3 Å². The van der Waals surface area contributed by atoms with E-state index in [2.05, 4.69) is 35.9 Å². The molecule has 7 heteroatoms. The summed E-state index contributed by atoms with van der Waals surface area (Å²) in [4.78, 5) is 26.7. The van der Waals surface area contributed by atoms with Crippen molar-refractivity contribution in [2.45, 2.75) is 83.8 Å². The number of carbonyl (C=O) groups is 1. The average Bonchev–Trinajstić information content (AvgIpc) is 3.36. The number of anilines is 1. The Kier molecular flexibility index (Phi) is 7.26. The molecule has 202 valence electrons. The summed E-state index contributed by atoms with van der Waals surface area (Å²) in [6.45, 7) is 9.78. The molecule has 0 bridgehead atoms. The number of amides is 1. The largest absolute Gasteiger partial charge is 0.467 e. The maximum Gasteiger partial charge on any atom is 0.410 e. The van der Waals surface area contributed by atoms with Crippen LogP contribution in [0.25, 0.3) is 0 Å². The van der Waals surface area contributed by atoms with Crippen molar-refractivity contribution >= 4 is 11.9 Å². The first-order valence-corrected chi connectivity index (χ1v) is 13.9. The van der Waals surface area contributed by atoms with Crippen LogP contribution in [0.4, 0.5) is 10.6 Å². The molecule has 2 aromatic rings. The molecule has 0 spiro atoms. The summed E-state index contributed by atoms with van der Waals surface area (Å²) in [6.07, 6.45) is 11.3. The van der Waals surface area contributed by atoms with Crippen LogP contribution >= 0.6 is 0 Å². The van der Waals surface area contributed by atoms with E-state index in [0.717, 1.165) is 24.4 Å². The highest BCUT2D eigenvalue weighted by atomic mass is 16.6. The number of ether oxygens (including phenoxy) is 2. The van der Waals surface area contributed by atoms with Crippen molar-refractivity contribution in [1.82, 2.24) is 14.9 Å². The number of hydrogen-bond donors (Lipinski definition) is 0. The molecule has 1 fully saturated rings. The van der Waals surface area contributed by atoms with Crippen LogP contribution < -0.4 is 9.64 Å². The van der Waals surface area contributed by atoms with E-state index in [1.54, 1.807) is 17.6 Å². The molecule has 0 saturated carbocycles. The van der Waals surface area contributed by atoms with Crippen molar-refractivity contribution in [2.24, 2.45) is 5.92 Å². The Morgan fingerprint density at radius 2 is 1.97 bits per heavy atom. The molecule has 2 aliphatic carbocycles. The van der Waals surface area contributed by atoms with Gasteiger partial charge in [-0.05, 0) is 81.4 Å². The number of benzene rings is 1. The van der Waals surface area contributed by atoms with Crippen LogP contribution in [0.15, 0.2) is 18.2 Å². The lowest BCUT2D eigenvalue weighted by Gasteiger charge is -2.43. The Morgan fingerprint density at radius 1 is 1.16 bits per heavy atom. The Bertz CT molecular complexity index is 1240. The fourth-order valence-electron chi connectivity index (χ4n) is 6.43. The van der Waals surface area contributed by atoms with Gasteiger partial charge in [-0.2, -0.15) is 9.97 Å². The highest BCUT2D eigenvalue weighted by Crippen LogP contribution is 2.43. The highest BCUT2D eigenvalue weighted by molar-refractivity contribution is 5.69. The summed E-state index contributed by atoms with van der Waals surface area (Å²) >= 11 is 0. The first-order valence-electron chi connectivity index (χ1n) is 13.9. The zero-order valence-corrected chi connectivity index (χ0v) is 23.4. The van der Waals surface area contributed by atoms with Crippen LogP contribution in [0.3, 0.4) is 0 Å². The van der Waals surface area contributed by atoms with Crippen LogP contribution in [-0.4, -0.2) is 59.3 Å². The van der Waals surface area contributed by atoms with Gasteiger partial charge in [0.25, 0.3) is 0 Å². The predicted molar refractivity (Wildman–Crippen MR) is 149 cm³/mol. The first kappa shape index (κ1) is 26.3. The number of aromatic nitrogens is 2. The summed E-state index contributed by atoms with van der Waals surface area (Å²) in [6, 6.07) is 7.09. The first-order chi connectivity index (χ1) is 18.2. The molecular formula is C31H40N4O3. The van der Waals surface area contributed by atoms with E-state index in [1.807, 2.05) is 20.8 Å². The second-order valence-electron chi connectivity index (χ2n) is 12.0. The summed E-state index contributed by atoms with van der Waals surface area (Å²) in [7, 11) is 1.63. The fraction of sp³-hybridized carbons (Fsp3) is 0.581. The zero-order valence-electron chi connectivity index (χ0n) is 23.4. The van der Waals surface area contributed by atoms with Gasteiger partial charge in [0.05, 0.1) is 18.8 Å². The van der Waals surface area contributed by atoms with Crippen molar-refractivity contribution in [3.05, 3.63) is 46.1 Å². The van der Waals surface area contributed by atoms with Gasteiger partial charge in [0.15, 0.2) is 0 Å². The number of fused-ring (bicyclic) bond motifs is 2. The summed E-state index contributed by atoms with van der Waals surface area (Å²) in [5.74, 6) is 4.58. The van der Waals surface area contributed by atoms with Crippen molar-refractivity contribution in [3.8, 4) is 18.4 Å². The molecule has 1 aromatic heterocycles. The molecule has 1 aromatic carbocycles. The van der Waals surface area contributed by atoms with Gasteiger partial charge in [0.1, 0.15) is 11.4 Å². The molecule has 1 aliphatic heterocycles. The molecule has 0 N–H and O–H groups in total. The van der Waals surface area contributed by atoms with Crippen molar-refractivity contribution < 1.29 is 14.3 Å². The third kappa shape index (κ3) is 5.18. The molecule has 1 saturated heterocycles. The van der Waals surface area contributed by atoms with Crippen molar-refractivity contribution in [3.63, 3.8) is 0 Å². The van der Waals surface area contributed by atoms with Crippen LogP contribution in [0.1, 0.15) is 74.4 Å². The van der Waals surface area contributed by atoms with Crippen LogP contribution in [-0.2, 0) is 30.4 Å². The lowest BCUT2D eigenvalue weighted by atomic mass is 9.73. The predicted octanol–water partition coefficient (Wildman–Crippen LogP) is 4.94. The van der Waals surface area contributed by atoms with Gasteiger partial charge < -0.3 is 19.3 Å². The molecule has 3 unspecified atom stereocenters. The highest BCUT2D eigenvalue weighted by Gasteiger charge is 2.37. The Hall–Kier alpha value is -3.27. The number of nitrogens with zero attached hydrogens (tertiary/aromatic N) is 4. The summed E-state index contributed by atoms with van der Waals surface area (Å²) in [5, 5.41) is 0. The number of methoxy groups -OCH3 is 1. The van der Waals surface area contributed by atoms with Crippen molar-refractivity contribution in [1.29, 1.82) is 0 Å². The topological polar surface area (TPSA) is 67.8 Å². The normalized spacial score (nSPS) is 22.9. The van der Waals surface area contributed by atoms with E-state index in [4.69, 9.17) is 25.9 Å². The van der Waals surface area contributed by atoms with Crippen molar-refractivity contribution in [2.75, 3.05) is 31.6 Å². The molecule has 3 atom stereocenters. The summed E-state index contributed by atoms with van der Waals surface area (Å²) < 4.78 is 11.3. The minimum absolute atomic E-state index is 0.152. The molecular weight excluding hydrogens is 476 g/mol. The maximum atomic E-state index is 12.9. The molecule has 0 radical (unpaired) electrons. The van der Waals surface area contributed by atoms with E-state index in [0.29, 0.717) is 43.9 Å². The van der Waals surface area contributed by atoms with E-state index in [-0.39, 0.29) is 12.1 Å². The number of carbonyl (C=O) groups excluding carboxylic acids is 1. The molecule has 5 rings (SSSR count). The van der Waals surface area contributed by atoms with Gasteiger partial charge in [0.2, 0.25) is 0 Å². The SMILES string of the molecule is C#CCC1CN(c2nc(OC)nc3c2CC(C)C(c2cccc4c2CCC4)C3)CCN1C(=O)OC(C)(C)C. The minimum atomic E-state index is -0.556. The Morgan fingerprint density at radius 3 is 2.71 bits per heavy atom. The number of aryl methyl sites for hydroxylation is 1. The van der Waals surface area contributed by atoms with Gasteiger partial charge in [-0.3, -0.25) is 0 Å². The van der Waals surface area contributed by atoms with E-state index >= 15 is 0 Å². The average molecular weight is 517 g/mol. The van der Waals surface area contributed by atoms with E-state index in [1.165, 1.54) is 36.0 Å². The van der Waals surface area contributed by atoms with E-state index in [9.17, 15) is 4.79 Å².